The summed E-state index contributed by atoms with van der Waals surface area (Å²) in [4.78, 5) is 15.0. The SMILES string of the molecule is CCc1c(C)sc2ccccc12.CN.O=CN(Cc1cccc(C2CCCC2)c1)C1CCCCC1. The lowest BCUT2D eigenvalue weighted by Crippen LogP contribution is -2.35. The molecule has 0 spiro atoms. The molecule has 2 saturated carbocycles. The molecule has 1 amide bonds. The van der Waals surface area contributed by atoms with E-state index in [2.05, 4.69) is 68.1 Å². The van der Waals surface area contributed by atoms with Crippen molar-refractivity contribution in [3.63, 3.8) is 0 Å². The van der Waals surface area contributed by atoms with Gasteiger partial charge in [0.1, 0.15) is 0 Å². The molecule has 2 fully saturated rings. The Morgan fingerprint density at radius 3 is 2.31 bits per heavy atom. The number of nitrogens with two attached hydrogens (primary N) is 1. The van der Waals surface area contributed by atoms with Crippen LogP contribution in [0.3, 0.4) is 0 Å². The first-order chi connectivity index (χ1) is 17.2. The van der Waals surface area contributed by atoms with Crippen LogP contribution < -0.4 is 5.73 Å². The van der Waals surface area contributed by atoms with Crippen molar-refractivity contribution < 1.29 is 4.79 Å². The maximum absolute atomic E-state index is 11.5. The van der Waals surface area contributed by atoms with Gasteiger partial charge in [-0.25, -0.2) is 0 Å². The molecule has 0 unspecified atom stereocenters. The van der Waals surface area contributed by atoms with Gasteiger partial charge >= 0.3 is 0 Å². The molecule has 0 aliphatic heterocycles. The van der Waals surface area contributed by atoms with Crippen LogP contribution in [0.25, 0.3) is 10.1 Å². The van der Waals surface area contributed by atoms with Gasteiger partial charge in [0.15, 0.2) is 0 Å². The second-order valence-corrected chi connectivity index (χ2v) is 11.0. The van der Waals surface area contributed by atoms with Crippen LogP contribution in [0.5, 0.6) is 0 Å². The van der Waals surface area contributed by atoms with Crippen molar-refractivity contribution >= 4 is 27.8 Å². The largest absolute Gasteiger partial charge is 0.338 e. The Labute approximate surface area is 216 Å². The zero-order valence-corrected chi connectivity index (χ0v) is 22.8. The third-order valence-corrected chi connectivity index (χ3v) is 8.70. The lowest BCUT2D eigenvalue weighted by molar-refractivity contribution is -0.121. The molecule has 0 atom stereocenters. The third kappa shape index (κ3) is 7.41. The zero-order chi connectivity index (χ0) is 25.0. The summed E-state index contributed by atoms with van der Waals surface area (Å²) in [7, 11) is 1.50. The topological polar surface area (TPSA) is 46.3 Å². The van der Waals surface area contributed by atoms with E-state index >= 15 is 0 Å². The van der Waals surface area contributed by atoms with E-state index in [-0.39, 0.29) is 0 Å². The van der Waals surface area contributed by atoms with Crippen molar-refractivity contribution in [2.24, 2.45) is 5.73 Å². The monoisotopic (exact) mass is 492 g/mol. The number of rotatable bonds is 6. The number of fused-ring (bicyclic) bond motifs is 1. The molecule has 4 heteroatoms. The molecule has 1 aromatic heterocycles. The molecular weight excluding hydrogens is 448 g/mol. The molecule has 35 heavy (non-hydrogen) atoms. The smallest absolute Gasteiger partial charge is 0.210 e. The number of carbonyl (C=O) groups excluding carboxylic acids is 1. The summed E-state index contributed by atoms with van der Waals surface area (Å²) >= 11 is 1.90. The first-order valence-electron chi connectivity index (χ1n) is 13.5. The van der Waals surface area contributed by atoms with Crippen molar-refractivity contribution in [1.29, 1.82) is 0 Å². The predicted octanol–water partition coefficient (Wildman–Crippen LogP) is 7.98. The van der Waals surface area contributed by atoms with Gasteiger partial charge in [0.05, 0.1) is 0 Å². The molecule has 0 saturated heterocycles. The van der Waals surface area contributed by atoms with Gasteiger partial charge in [-0.1, -0.05) is 81.5 Å². The predicted molar refractivity (Wildman–Crippen MR) is 152 cm³/mol. The van der Waals surface area contributed by atoms with Crippen LogP contribution in [-0.4, -0.2) is 24.4 Å². The van der Waals surface area contributed by atoms with Crippen LogP contribution in [0.4, 0.5) is 0 Å². The lowest BCUT2D eigenvalue weighted by atomic mass is 9.93. The minimum absolute atomic E-state index is 0.464. The van der Waals surface area contributed by atoms with Crippen molar-refractivity contribution in [3.8, 4) is 0 Å². The highest BCUT2D eigenvalue weighted by atomic mass is 32.1. The summed E-state index contributed by atoms with van der Waals surface area (Å²) in [5, 5.41) is 1.45. The second-order valence-electron chi connectivity index (χ2n) is 9.78. The van der Waals surface area contributed by atoms with Crippen LogP contribution in [0.15, 0.2) is 48.5 Å². The van der Waals surface area contributed by atoms with Gasteiger partial charge in [0.2, 0.25) is 6.41 Å². The Balaban J connectivity index is 0.000000207. The maximum Gasteiger partial charge on any atom is 0.210 e. The normalized spacial score (nSPS) is 16.2. The summed E-state index contributed by atoms with van der Waals surface area (Å²) in [5.74, 6) is 0.754. The molecule has 2 N–H and O–H groups in total. The summed E-state index contributed by atoms with van der Waals surface area (Å²) < 4.78 is 1.42. The van der Waals surface area contributed by atoms with Crippen molar-refractivity contribution in [2.45, 2.75) is 96.6 Å². The molecule has 1 heterocycles. The number of nitrogens with zero attached hydrogens (tertiary/aromatic N) is 1. The molecular formula is C31H44N2OS. The van der Waals surface area contributed by atoms with Gasteiger partial charge < -0.3 is 10.6 Å². The summed E-state index contributed by atoms with van der Waals surface area (Å²) in [6, 6.07) is 18.1. The van der Waals surface area contributed by atoms with Gasteiger partial charge in [-0.15, -0.1) is 11.3 Å². The average molecular weight is 493 g/mol. The zero-order valence-electron chi connectivity index (χ0n) is 22.0. The van der Waals surface area contributed by atoms with E-state index in [1.54, 1.807) is 0 Å². The van der Waals surface area contributed by atoms with Crippen molar-refractivity contribution in [3.05, 3.63) is 70.1 Å². The lowest BCUT2D eigenvalue weighted by Gasteiger charge is -2.31. The van der Waals surface area contributed by atoms with Crippen LogP contribution in [0.2, 0.25) is 0 Å². The minimum atomic E-state index is 0.464. The fourth-order valence-corrected chi connectivity index (χ4v) is 6.90. The highest BCUT2D eigenvalue weighted by Crippen LogP contribution is 2.34. The number of thiophene rings is 1. The number of amides is 1. The van der Waals surface area contributed by atoms with Crippen LogP contribution in [-0.2, 0) is 17.8 Å². The fourth-order valence-electron chi connectivity index (χ4n) is 5.74. The molecule has 2 aromatic carbocycles. The Kier molecular flexibility index (Phi) is 11.3. The number of hydrogen-bond donors (Lipinski definition) is 1. The molecule has 2 aliphatic carbocycles. The molecule has 190 valence electrons. The quantitative estimate of drug-likeness (QED) is 0.355. The second kappa shape index (κ2) is 14.4. The Bertz CT molecular complexity index is 1030. The fraction of sp³-hybridized carbons (Fsp3) is 0.516. The first-order valence-corrected chi connectivity index (χ1v) is 14.4. The molecule has 2 aliphatic rings. The van der Waals surface area contributed by atoms with E-state index in [4.69, 9.17) is 0 Å². The van der Waals surface area contributed by atoms with Gasteiger partial charge in [-0.2, -0.15) is 0 Å². The molecule has 3 nitrogen and oxygen atoms in total. The summed E-state index contributed by atoms with van der Waals surface area (Å²) in [5.41, 5.74) is 8.81. The van der Waals surface area contributed by atoms with E-state index in [0.717, 1.165) is 25.3 Å². The van der Waals surface area contributed by atoms with Gasteiger partial charge in [0, 0.05) is 22.2 Å². The number of aryl methyl sites for hydroxylation is 2. The number of carbonyl (C=O) groups is 1. The molecule has 0 bridgehead atoms. The summed E-state index contributed by atoms with van der Waals surface area (Å²) in [6.45, 7) is 5.22. The minimum Gasteiger partial charge on any atom is -0.338 e. The molecule has 3 aromatic rings. The van der Waals surface area contributed by atoms with E-state index in [1.165, 1.54) is 96.5 Å². The Hall–Kier alpha value is -2.17. The third-order valence-electron chi connectivity index (χ3n) is 7.58. The highest BCUT2D eigenvalue weighted by Gasteiger charge is 2.21. The number of benzene rings is 2. The van der Waals surface area contributed by atoms with Gasteiger partial charge in [0.25, 0.3) is 0 Å². The van der Waals surface area contributed by atoms with E-state index in [9.17, 15) is 4.79 Å². The average Bonchev–Trinajstić information content (AvgIpc) is 3.57. The molecule has 5 rings (SSSR count). The van der Waals surface area contributed by atoms with E-state index in [0.29, 0.717) is 6.04 Å². The van der Waals surface area contributed by atoms with Gasteiger partial charge in [-0.3, -0.25) is 4.79 Å². The van der Waals surface area contributed by atoms with Gasteiger partial charge in [-0.05, 0) is 80.1 Å². The van der Waals surface area contributed by atoms with Crippen LogP contribution in [0.1, 0.15) is 92.2 Å². The number of hydrogen-bond acceptors (Lipinski definition) is 3. The first kappa shape index (κ1) is 27.4. The van der Waals surface area contributed by atoms with Crippen LogP contribution >= 0.6 is 11.3 Å². The Morgan fingerprint density at radius 2 is 1.63 bits per heavy atom. The van der Waals surface area contributed by atoms with Crippen LogP contribution in [0, 0.1) is 6.92 Å². The highest BCUT2D eigenvalue weighted by molar-refractivity contribution is 7.19. The summed E-state index contributed by atoms with van der Waals surface area (Å²) in [6.07, 6.45) is 13.9. The van der Waals surface area contributed by atoms with E-state index in [1.807, 2.05) is 16.2 Å². The maximum atomic E-state index is 11.5. The molecule has 0 radical (unpaired) electrons. The standard InChI is InChI=1S/C19H27NO.C11H12S.CH5N/c21-15-20(19-11-2-1-3-12-19)14-16-7-6-10-18(13-16)17-8-4-5-9-17;1-3-9-8(2)12-11-7-5-4-6-10(9)11;1-2/h6-7,10,13,15,17,19H,1-5,8-9,11-12,14H2;4-7H,3H2,1-2H3;2H2,1H3. The van der Waals surface area contributed by atoms with Crippen molar-refractivity contribution in [1.82, 2.24) is 4.90 Å². The van der Waals surface area contributed by atoms with Crippen molar-refractivity contribution in [2.75, 3.05) is 7.05 Å². The Morgan fingerprint density at radius 1 is 0.943 bits per heavy atom. The van der Waals surface area contributed by atoms with E-state index < -0.39 is 0 Å².